The minimum absolute atomic E-state index is 0.0351. The lowest BCUT2D eigenvalue weighted by Crippen LogP contribution is -2.32. The van der Waals surface area contributed by atoms with Crippen molar-refractivity contribution < 1.29 is 0 Å². The molecule has 2 heterocycles. The summed E-state index contributed by atoms with van der Waals surface area (Å²) in [5, 5.41) is 6.51. The third-order valence-corrected chi connectivity index (χ3v) is 9.10. The first-order chi connectivity index (χ1) is 19.0. The van der Waals surface area contributed by atoms with Crippen molar-refractivity contribution in [3.63, 3.8) is 0 Å². The summed E-state index contributed by atoms with van der Waals surface area (Å²) >= 11 is 0. The van der Waals surface area contributed by atoms with Gasteiger partial charge in [-0.15, -0.1) is 0 Å². The van der Waals surface area contributed by atoms with Gasteiger partial charge in [0.25, 0.3) is 0 Å². The van der Waals surface area contributed by atoms with Crippen LogP contribution in [0.1, 0.15) is 44.5 Å². The maximum atomic E-state index is 5.33. The van der Waals surface area contributed by atoms with Crippen molar-refractivity contribution in [1.29, 1.82) is 0 Å². The molecular formula is C36H31N3. The zero-order valence-corrected chi connectivity index (χ0v) is 22.6. The summed E-state index contributed by atoms with van der Waals surface area (Å²) in [5.41, 5.74) is 12.4. The van der Waals surface area contributed by atoms with Crippen LogP contribution in [0.25, 0.3) is 32.9 Å². The molecule has 190 valence electrons. The number of aliphatic imine (C=N–C) groups is 1. The number of benzene rings is 4. The van der Waals surface area contributed by atoms with Gasteiger partial charge in [0.05, 0.1) is 28.1 Å². The molecule has 0 radical (unpaired) electrons. The highest BCUT2D eigenvalue weighted by Crippen LogP contribution is 2.51. The van der Waals surface area contributed by atoms with Crippen molar-refractivity contribution in [2.24, 2.45) is 10.9 Å². The number of aromatic nitrogens is 1. The van der Waals surface area contributed by atoms with Gasteiger partial charge in [-0.25, -0.2) is 4.99 Å². The second-order valence-corrected chi connectivity index (χ2v) is 11.7. The van der Waals surface area contributed by atoms with Crippen LogP contribution in [-0.4, -0.2) is 10.3 Å². The molecule has 3 heteroatoms. The fourth-order valence-corrected chi connectivity index (χ4v) is 7.06. The summed E-state index contributed by atoms with van der Waals surface area (Å²) in [6, 6.07) is 31.1. The molecule has 3 nitrogen and oxygen atoms in total. The SMILES string of the molecule is CC1CC=CC=C1C1=Nc2ccccc2NC1n1c2ccccc2c2cc3c(cc21)-c1ccccc1C3(C)C. The Morgan fingerprint density at radius 1 is 0.821 bits per heavy atom. The van der Waals surface area contributed by atoms with Crippen LogP contribution in [0.5, 0.6) is 0 Å². The number of hydrogen-bond donors (Lipinski definition) is 1. The standard InChI is InChI=1S/C36H31N3/c1-22-12-4-5-13-23(22)34-35(38-31-18-10-9-17-30(31)37-34)39-32-19-11-7-15-25(32)27-20-29-26(21-33(27)39)24-14-6-8-16-28(24)36(29,2)3/h4-11,13-22,35,38H,12H2,1-3H3. The molecular weight excluding hydrogens is 474 g/mol. The molecule has 8 rings (SSSR count). The van der Waals surface area contributed by atoms with Crippen molar-refractivity contribution in [2.45, 2.75) is 38.8 Å². The molecule has 0 saturated carbocycles. The normalized spacial score (nSPS) is 20.7. The van der Waals surface area contributed by atoms with E-state index < -0.39 is 0 Å². The second kappa shape index (κ2) is 8.07. The van der Waals surface area contributed by atoms with Crippen molar-refractivity contribution in [1.82, 2.24) is 4.57 Å². The summed E-state index contributed by atoms with van der Waals surface area (Å²) in [5.74, 6) is 0.410. The smallest absolute Gasteiger partial charge is 0.148 e. The summed E-state index contributed by atoms with van der Waals surface area (Å²) < 4.78 is 2.50. The molecule has 1 N–H and O–H groups in total. The Morgan fingerprint density at radius 2 is 1.62 bits per heavy atom. The topological polar surface area (TPSA) is 29.3 Å². The first-order valence-electron chi connectivity index (χ1n) is 14.0. The number of nitrogens with zero attached hydrogens (tertiary/aromatic N) is 2. The number of nitrogens with one attached hydrogen (secondary N) is 1. The molecule has 0 saturated heterocycles. The largest absolute Gasteiger partial charge is 0.358 e. The fourth-order valence-electron chi connectivity index (χ4n) is 7.06. The Labute approximate surface area is 229 Å². The van der Waals surface area contributed by atoms with E-state index in [-0.39, 0.29) is 11.6 Å². The highest BCUT2D eigenvalue weighted by atomic mass is 15.2. The first-order valence-corrected chi connectivity index (χ1v) is 14.0. The van der Waals surface area contributed by atoms with Crippen LogP contribution in [0.3, 0.4) is 0 Å². The van der Waals surface area contributed by atoms with Gasteiger partial charge in [-0.2, -0.15) is 0 Å². The molecule has 0 fully saturated rings. The molecule has 3 aliphatic rings. The Bertz CT molecular complexity index is 1910. The van der Waals surface area contributed by atoms with Gasteiger partial charge in [0.1, 0.15) is 6.17 Å². The van der Waals surface area contributed by atoms with E-state index in [9.17, 15) is 0 Å². The van der Waals surface area contributed by atoms with Gasteiger partial charge in [-0.3, -0.25) is 0 Å². The zero-order valence-electron chi connectivity index (χ0n) is 22.6. The molecule has 2 aliphatic carbocycles. The Balaban J connectivity index is 1.44. The minimum atomic E-state index is -0.120. The monoisotopic (exact) mass is 505 g/mol. The number of rotatable bonds is 2. The van der Waals surface area contributed by atoms with E-state index >= 15 is 0 Å². The average Bonchev–Trinajstić information content (AvgIpc) is 3.40. The van der Waals surface area contributed by atoms with Gasteiger partial charge in [0, 0.05) is 16.2 Å². The van der Waals surface area contributed by atoms with Crippen LogP contribution in [-0.2, 0) is 5.41 Å². The Morgan fingerprint density at radius 3 is 2.51 bits per heavy atom. The summed E-state index contributed by atoms with van der Waals surface area (Å²) in [7, 11) is 0. The molecule has 0 bridgehead atoms. The third-order valence-electron chi connectivity index (χ3n) is 9.10. The van der Waals surface area contributed by atoms with Crippen molar-refractivity contribution in [3.05, 3.63) is 120 Å². The molecule has 2 atom stereocenters. The lowest BCUT2D eigenvalue weighted by molar-refractivity contribution is 0.661. The van der Waals surface area contributed by atoms with Crippen LogP contribution < -0.4 is 5.32 Å². The lowest BCUT2D eigenvalue weighted by Gasteiger charge is -2.33. The molecule has 39 heavy (non-hydrogen) atoms. The fraction of sp³-hybridized carbons (Fsp3) is 0.194. The van der Waals surface area contributed by atoms with Crippen LogP contribution in [0.15, 0.2) is 114 Å². The number of allylic oxidation sites excluding steroid dienone is 3. The van der Waals surface area contributed by atoms with Gasteiger partial charge < -0.3 is 9.88 Å². The maximum absolute atomic E-state index is 5.33. The van der Waals surface area contributed by atoms with Crippen LogP contribution >= 0.6 is 0 Å². The van der Waals surface area contributed by atoms with Crippen molar-refractivity contribution in [2.75, 3.05) is 5.32 Å². The van der Waals surface area contributed by atoms with E-state index in [2.05, 4.69) is 134 Å². The van der Waals surface area contributed by atoms with Crippen LogP contribution in [0.2, 0.25) is 0 Å². The van der Waals surface area contributed by atoms with Crippen LogP contribution in [0, 0.1) is 5.92 Å². The van der Waals surface area contributed by atoms with Gasteiger partial charge in [0.15, 0.2) is 0 Å². The number of para-hydroxylation sites is 3. The summed E-state index contributed by atoms with van der Waals surface area (Å²) in [6.45, 7) is 7.03. The molecule has 1 aliphatic heterocycles. The van der Waals surface area contributed by atoms with Crippen molar-refractivity contribution in [3.8, 4) is 11.1 Å². The Kier molecular flexibility index (Phi) is 4.67. The van der Waals surface area contributed by atoms with E-state index in [1.807, 2.05) is 0 Å². The molecule has 5 aromatic rings. The lowest BCUT2D eigenvalue weighted by atomic mass is 9.82. The highest BCUT2D eigenvalue weighted by Gasteiger charge is 2.37. The predicted molar refractivity (Wildman–Crippen MR) is 164 cm³/mol. The maximum Gasteiger partial charge on any atom is 0.148 e. The number of anilines is 1. The highest BCUT2D eigenvalue weighted by molar-refractivity contribution is 6.14. The van der Waals surface area contributed by atoms with Gasteiger partial charge in [0.2, 0.25) is 0 Å². The zero-order chi connectivity index (χ0) is 26.3. The second-order valence-electron chi connectivity index (χ2n) is 11.7. The first kappa shape index (κ1) is 22.6. The summed E-state index contributed by atoms with van der Waals surface area (Å²) in [4.78, 5) is 5.33. The number of hydrogen-bond acceptors (Lipinski definition) is 2. The van der Waals surface area contributed by atoms with Crippen LogP contribution in [0.4, 0.5) is 11.4 Å². The van der Waals surface area contributed by atoms with E-state index in [0.29, 0.717) is 5.92 Å². The van der Waals surface area contributed by atoms with E-state index in [1.165, 1.54) is 49.6 Å². The third kappa shape index (κ3) is 3.13. The summed E-state index contributed by atoms with van der Waals surface area (Å²) in [6.07, 6.45) is 7.63. The predicted octanol–water partition coefficient (Wildman–Crippen LogP) is 9.32. The van der Waals surface area contributed by atoms with Gasteiger partial charge in [-0.05, 0) is 70.5 Å². The van der Waals surface area contributed by atoms with E-state index in [1.54, 1.807) is 0 Å². The molecule has 0 spiro atoms. The quantitative estimate of drug-likeness (QED) is 0.254. The van der Waals surface area contributed by atoms with E-state index in [0.717, 1.165) is 23.5 Å². The van der Waals surface area contributed by atoms with E-state index in [4.69, 9.17) is 4.99 Å². The van der Waals surface area contributed by atoms with Gasteiger partial charge >= 0.3 is 0 Å². The number of fused-ring (bicyclic) bond motifs is 7. The van der Waals surface area contributed by atoms with Gasteiger partial charge in [-0.1, -0.05) is 93.6 Å². The van der Waals surface area contributed by atoms with Crippen molar-refractivity contribution >= 4 is 38.9 Å². The molecule has 0 amide bonds. The molecule has 4 aromatic carbocycles. The molecule has 1 aromatic heterocycles. The minimum Gasteiger partial charge on any atom is -0.358 e. The average molecular weight is 506 g/mol. The Hall–Kier alpha value is -4.37. The molecule has 2 unspecified atom stereocenters.